The molecule has 1 saturated carbocycles. The zero-order chi connectivity index (χ0) is 12.5. The summed E-state index contributed by atoms with van der Waals surface area (Å²) in [6, 6.07) is 4.06. The smallest absolute Gasteiger partial charge is 0.133 e. The molecule has 0 aliphatic heterocycles. The first-order valence-corrected chi connectivity index (χ1v) is 6.67. The summed E-state index contributed by atoms with van der Waals surface area (Å²) in [5.41, 5.74) is 0.234. The molecule has 0 spiro atoms. The molecule has 94 valence electrons. The SMILES string of the molecule is Fc1ccc(F)c(-c2ncc(CNC3CC3)s2)c1. The van der Waals surface area contributed by atoms with E-state index in [9.17, 15) is 8.78 Å². The molecule has 5 heteroatoms. The summed E-state index contributed by atoms with van der Waals surface area (Å²) in [5.74, 6) is -0.883. The molecule has 1 heterocycles. The number of hydrogen-bond donors (Lipinski definition) is 1. The third-order valence-electron chi connectivity index (χ3n) is 2.85. The highest BCUT2D eigenvalue weighted by Crippen LogP contribution is 2.28. The van der Waals surface area contributed by atoms with Crippen molar-refractivity contribution in [3.05, 3.63) is 40.9 Å². The molecule has 1 fully saturated rings. The van der Waals surface area contributed by atoms with Crippen LogP contribution in [0.2, 0.25) is 0 Å². The largest absolute Gasteiger partial charge is 0.309 e. The van der Waals surface area contributed by atoms with Crippen molar-refractivity contribution in [1.29, 1.82) is 0 Å². The van der Waals surface area contributed by atoms with Crippen LogP contribution in [0.1, 0.15) is 17.7 Å². The fraction of sp³-hybridized carbons (Fsp3) is 0.308. The molecule has 2 nitrogen and oxygen atoms in total. The molecule has 1 aromatic carbocycles. The van der Waals surface area contributed by atoms with E-state index in [1.54, 1.807) is 6.20 Å². The Kier molecular flexibility index (Phi) is 3.09. The Hall–Kier alpha value is -1.33. The van der Waals surface area contributed by atoms with Crippen molar-refractivity contribution >= 4 is 11.3 Å². The van der Waals surface area contributed by atoms with Crippen LogP contribution in [0, 0.1) is 11.6 Å². The Morgan fingerprint density at radius 2 is 2.17 bits per heavy atom. The van der Waals surface area contributed by atoms with Gasteiger partial charge in [-0.05, 0) is 31.0 Å². The van der Waals surface area contributed by atoms with E-state index in [0.29, 0.717) is 11.0 Å². The monoisotopic (exact) mass is 266 g/mol. The molecule has 0 radical (unpaired) electrons. The Morgan fingerprint density at radius 3 is 2.94 bits per heavy atom. The van der Waals surface area contributed by atoms with Gasteiger partial charge in [0.15, 0.2) is 0 Å². The first-order chi connectivity index (χ1) is 8.72. The van der Waals surface area contributed by atoms with Crippen LogP contribution in [0.25, 0.3) is 10.6 Å². The highest BCUT2D eigenvalue weighted by atomic mass is 32.1. The maximum Gasteiger partial charge on any atom is 0.133 e. The maximum atomic E-state index is 13.6. The quantitative estimate of drug-likeness (QED) is 0.918. The average Bonchev–Trinajstić information content (AvgIpc) is 3.08. The van der Waals surface area contributed by atoms with Crippen molar-refractivity contribution < 1.29 is 8.78 Å². The minimum atomic E-state index is -0.445. The lowest BCUT2D eigenvalue weighted by Gasteiger charge is -1.99. The van der Waals surface area contributed by atoms with Gasteiger partial charge in [-0.3, -0.25) is 0 Å². The molecule has 0 unspecified atom stereocenters. The number of halogens is 2. The summed E-state index contributed by atoms with van der Waals surface area (Å²) >= 11 is 1.40. The molecule has 1 aliphatic rings. The van der Waals surface area contributed by atoms with Gasteiger partial charge >= 0.3 is 0 Å². The van der Waals surface area contributed by atoms with E-state index in [2.05, 4.69) is 10.3 Å². The molecule has 0 atom stereocenters. The fourth-order valence-electron chi connectivity index (χ4n) is 1.71. The Labute approximate surface area is 108 Å². The van der Waals surface area contributed by atoms with Gasteiger partial charge in [-0.2, -0.15) is 0 Å². The molecule has 0 bridgehead atoms. The van der Waals surface area contributed by atoms with E-state index in [4.69, 9.17) is 0 Å². The molecular formula is C13H12F2N2S. The zero-order valence-corrected chi connectivity index (χ0v) is 10.4. The summed E-state index contributed by atoms with van der Waals surface area (Å²) in [6.07, 6.45) is 4.17. The minimum absolute atomic E-state index is 0.234. The lowest BCUT2D eigenvalue weighted by atomic mass is 10.2. The van der Waals surface area contributed by atoms with Crippen LogP contribution in [-0.2, 0) is 6.54 Å². The topological polar surface area (TPSA) is 24.9 Å². The van der Waals surface area contributed by atoms with Crippen LogP contribution in [-0.4, -0.2) is 11.0 Å². The third kappa shape index (κ3) is 2.57. The van der Waals surface area contributed by atoms with Crippen molar-refractivity contribution in [1.82, 2.24) is 10.3 Å². The Bertz CT molecular complexity index is 564. The zero-order valence-electron chi connectivity index (χ0n) is 9.62. The average molecular weight is 266 g/mol. The molecular weight excluding hydrogens is 254 g/mol. The number of nitrogens with zero attached hydrogens (tertiary/aromatic N) is 1. The number of benzene rings is 1. The Morgan fingerprint density at radius 1 is 1.33 bits per heavy atom. The van der Waals surface area contributed by atoms with Crippen molar-refractivity contribution in [3.63, 3.8) is 0 Å². The fourth-order valence-corrected chi connectivity index (χ4v) is 2.59. The summed E-state index contributed by atoms with van der Waals surface area (Å²) in [6.45, 7) is 0.749. The summed E-state index contributed by atoms with van der Waals surface area (Å²) in [4.78, 5) is 5.20. The molecule has 0 saturated heterocycles. The second-order valence-electron chi connectivity index (χ2n) is 4.41. The number of hydrogen-bond acceptors (Lipinski definition) is 3. The predicted molar refractivity (Wildman–Crippen MR) is 67.3 cm³/mol. The van der Waals surface area contributed by atoms with Gasteiger partial charge in [0, 0.05) is 29.2 Å². The van der Waals surface area contributed by atoms with Crippen molar-refractivity contribution in [2.24, 2.45) is 0 Å². The normalized spacial score (nSPS) is 15.0. The van der Waals surface area contributed by atoms with Crippen molar-refractivity contribution in [3.8, 4) is 10.6 Å². The highest BCUT2D eigenvalue weighted by Gasteiger charge is 2.20. The van der Waals surface area contributed by atoms with E-state index in [1.807, 2.05) is 0 Å². The van der Waals surface area contributed by atoms with E-state index in [0.717, 1.165) is 23.6 Å². The first kappa shape index (κ1) is 11.7. The van der Waals surface area contributed by atoms with E-state index >= 15 is 0 Å². The van der Waals surface area contributed by atoms with Crippen LogP contribution < -0.4 is 5.32 Å². The lowest BCUT2D eigenvalue weighted by molar-refractivity contribution is 0.603. The van der Waals surface area contributed by atoms with Crippen molar-refractivity contribution in [2.45, 2.75) is 25.4 Å². The van der Waals surface area contributed by atoms with Gasteiger partial charge in [0.1, 0.15) is 16.6 Å². The number of thiazole rings is 1. The van der Waals surface area contributed by atoms with Crippen LogP contribution in [0.5, 0.6) is 0 Å². The second kappa shape index (κ2) is 4.74. The van der Waals surface area contributed by atoms with Gasteiger partial charge in [-0.25, -0.2) is 13.8 Å². The van der Waals surface area contributed by atoms with Crippen LogP contribution >= 0.6 is 11.3 Å². The molecule has 18 heavy (non-hydrogen) atoms. The predicted octanol–water partition coefficient (Wildman–Crippen LogP) is 3.34. The van der Waals surface area contributed by atoms with Crippen LogP contribution in [0.4, 0.5) is 8.78 Å². The van der Waals surface area contributed by atoms with Gasteiger partial charge in [-0.1, -0.05) is 0 Å². The molecule has 3 rings (SSSR count). The van der Waals surface area contributed by atoms with Crippen LogP contribution in [0.15, 0.2) is 24.4 Å². The molecule has 1 aliphatic carbocycles. The number of rotatable bonds is 4. The van der Waals surface area contributed by atoms with Crippen LogP contribution in [0.3, 0.4) is 0 Å². The van der Waals surface area contributed by atoms with Crippen molar-refractivity contribution in [2.75, 3.05) is 0 Å². The highest BCUT2D eigenvalue weighted by molar-refractivity contribution is 7.15. The van der Waals surface area contributed by atoms with Gasteiger partial charge < -0.3 is 5.32 Å². The standard InChI is InChI=1S/C13H12F2N2S/c14-8-1-4-12(15)11(5-8)13-17-7-10(18-13)6-16-9-2-3-9/h1,4-5,7,9,16H,2-3,6H2. The molecule has 1 aromatic heterocycles. The van der Waals surface area contributed by atoms with Gasteiger partial charge in [0.25, 0.3) is 0 Å². The van der Waals surface area contributed by atoms with E-state index < -0.39 is 11.6 Å². The molecule has 1 N–H and O–H groups in total. The first-order valence-electron chi connectivity index (χ1n) is 5.86. The van der Waals surface area contributed by atoms with Gasteiger partial charge in [0.05, 0.1) is 0 Å². The van der Waals surface area contributed by atoms with Gasteiger partial charge in [0.2, 0.25) is 0 Å². The number of aromatic nitrogens is 1. The lowest BCUT2D eigenvalue weighted by Crippen LogP contribution is -2.14. The summed E-state index contributed by atoms with van der Waals surface area (Å²) in [7, 11) is 0. The Balaban J connectivity index is 1.80. The molecule has 0 amide bonds. The maximum absolute atomic E-state index is 13.6. The second-order valence-corrected chi connectivity index (χ2v) is 5.53. The summed E-state index contributed by atoms with van der Waals surface area (Å²) < 4.78 is 26.7. The van der Waals surface area contributed by atoms with Gasteiger partial charge in [-0.15, -0.1) is 11.3 Å². The molecule has 2 aromatic rings. The van der Waals surface area contributed by atoms with E-state index in [1.165, 1.54) is 30.2 Å². The third-order valence-corrected chi connectivity index (χ3v) is 3.89. The summed E-state index contributed by atoms with van der Waals surface area (Å²) in [5, 5.41) is 3.89. The van der Waals surface area contributed by atoms with E-state index in [-0.39, 0.29) is 5.56 Å². The minimum Gasteiger partial charge on any atom is -0.309 e. The number of nitrogens with one attached hydrogen (secondary N) is 1.